The zero-order chi connectivity index (χ0) is 14.1. The van der Waals surface area contributed by atoms with E-state index in [-0.39, 0.29) is 5.78 Å². The average Bonchev–Trinajstić information content (AvgIpc) is 2.93. The van der Waals surface area contributed by atoms with E-state index in [0.29, 0.717) is 35.1 Å². The summed E-state index contributed by atoms with van der Waals surface area (Å²) in [6.45, 7) is 2.83. The van der Waals surface area contributed by atoms with Gasteiger partial charge in [0, 0.05) is 25.0 Å². The third-order valence-electron chi connectivity index (χ3n) is 4.54. The predicted molar refractivity (Wildman–Crippen MR) is 79.1 cm³/mol. The molecule has 1 aromatic rings. The van der Waals surface area contributed by atoms with Crippen molar-refractivity contribution in [2.75, 3.05) is 0 Å². The molecule has 0 saturated carbocycles. The van der Waals surface area contributed by atoms with E-state index < -0.39 is 0 Å². The van der Waals surface area contributed by atoms with E-state index in [1.54, 1.807) is 10.9 Å². The first-order chi connectivity index (χ1) is 9.67. The van der Waals surface area contributed by atoms with Gasteiger partial charge in [0.1, 0.15) is 5.69 Å². The molecule has 0 aliphatic carbocycles. The molecule has 2 atom stereocenters. The van der Waals surface area contributed by atoms with E-state index in [0.717, 1.165) is 25.8 Å². The maximum atomic E-state index is 12.6. The van der Waals surface area contributed by atoms with Crippen molar-refractivity contribution in [3.63, 3.8) is 0 Å². The van der Waals surface area contributed by atoms with Crippen molar-refractivity contribution in [1.82, 2.24) is 15.1 Å². The van der Waals surface area contributed by atoms with Crippen LogP contribution in [0.5, 0.6) is 0 Å². The van der Waals surface area contributed by atoms with Gasteiger partial charge in [0.05, 0.1) is 11.2 Å². The van der Waals surface area contributed by atoms with E-state index >= 15 is 0 Å². The number of carbonyl (C=O) groups excluding carboxylic acids is 1. The molecule has 3 heterocycles. The Morgan fingerprint density at radius 2 is 2.15 bits per heavy atom. The van der Waals surface area contributed by atoms with Crippen LogP contribution in [0.1, 0.15) is 55.9 Å². The standard InChI is InChI=1S/C15H22ClN3O/c1-2-5-19-15(13(16)9-17-19)14(20)8-10-6-11-3-4-12(7-10)18-11/h9-12,18H,2-8H2,1H3. The summed E-state index contributed by atoms with van der Waals surface area (Å²) in [5.41, 5.74) is 0.611. The van der Waals surface area contributed by atoms with Crippen LogP contribution in [-0.4, -0.2) is 27.6 Å². The summed E-state index contributed by atoms with van der Waals surface area (Å²) < 4.78 is 1.76. The van der Waals surface area contributed by atoms with E-state index in [1.165, 1.54) is 12.8 Å². The highest BCUT2D eigenvalue weighted by atomic mass is 35.5. The molecule has 2 fully saturated rings. The number of carbonyl (C=O) groups is 1. The van der Waals surface area contributed by atoms with Crippen LogP contribution in [0.15, 0.2) is 6.20 Å². The summed E-state index contributed by atoms with van der Waals surface area (Å²) >= 11 is 6.15. The van der Waals surface area contributed by atoms with Crippen molar-refractivity contribution in [3.8, 4) is 0 Å². The Kier molecular flexibility index (Phi) is 4.13. The van der Waals surface area contributed by atoms with Crippen molar-refractivity contribution in [2.24, 2.45) is 5.92 Å². The third-order valence-corrected chi connectivity index (χ3v) is 4.82. The lowest BCUT2D eigenvalue weighted by Crippen LogP contribution is -2.38. The van der Waals surface area contributed by atoms with E-state index in [4.69, 9.17) is 11.6 Å². The Hall–Kier alpha value is -0.870. The summed E-state index contributed by atoms with van der Waals surface area (Å²) in [4.78, 5) is 12.6. The molecule has 2 unspecified atom stereocenters. The van der Waals surface area contributed by atoms with Crippen LogP contribution in [0, 0.1) is 5.92 Å². The summed E-state index contributed by atoms with van der Waals surface area (Å²) in [6, 6.07) is 1.25. The monoisotopic (exact) mass is 295 g/mol. The van der Waals surface area contributed by atoms with Gasteiger partial charge >= 0.3 is 0 Å². The quantitative estimate of drug-likeness (QED) is 0.849. The molecule has 2 aliphatic heterocycles. The summed E-state index contributed by atoms with van der Waals surface area (Å²) in [5.74, 6) is 0.662. The van der Waals surface area contributed by atoms with Crippen molar-refractivity contribution in [3.05, 3.63) is 16.9 Å². The highest BCUT2D eigenvalue weighted by Crippen LogP contribution is 2.33. The minimum absolute atomic E-state index is 0.159. The van der Waals surface area contributed by atoms with Crippen LogP contribution >= 0.6 is 11.6 Å². The smallest absolute Gasteiger partial charge is 0.182 e. The Balaban J connectivity index is 1.68. The number of Topliss-reactive ketones (excluding diaryl/α,β-unsaturated/α-hetero) is 1. The van der Waals surface area contributed by atoms with Gasteiger partial charge in [0.25, 0.3) is 0 Å². The molecule has 0 aromatic carbocycles. The Labute approximate surface area is 124 Å². The van der Waals surface area contributed by atoms with Crippen molar-refractivity contribution in [1.29, 1.82) is 0 Å². The number of rotatable bonds is 5. The lowest BCUT2D eigenvalue weighted by molar-refractivity contribution is 0.0934. The molecule has 0 radical (unpaired) electrons. The number of hydrogen-bond donors (Lipinski definition) is 1. The first-order valence-corrected chi connectivity index (χ1v) is 8.05. The van der Waals surface area contributed by atoms with Gasteiger partial charge in [-0.05, 0) is 38.0 Å². The number of piperidine rings is 1. The largest absolute Gasteiger partial charge is 0.311 e. The van der Waals surface area contributed by atoms with Gasteiger partial charge in [0.2, 0.25) is 0 Å². The maximum absolute atomic E-state index is 12.6. The van der Waals surface area contributed by atoms with Crippen molar-refractivity contribution < 1.29 is 4.79 Å². The minimum atomic E-state index is 0.159. The molecule has 5 heteroatoms. The molecule has 20 heavy (non-hydrogen) atoms. The average molecular weight is 296 g/mol. The third kappa shape index (κ3) is 2.77. The van der Waals surface area contributed by atoms with Crippen LogP contribution < -0.4 is 5.32 Å². The first kappa shape index (κ1) is 14.1. The summed E-state index contributed by atoms with van der Waals surface area (Å²) in [5, 5.41) is 8.33. The fraction of sp³-hybridized carbons (Fsp3) is 0.733. The number of aromatic nitrogens is 2. The second-order valence-electron chi connectivity index (χ2n) is 6.17. The number of nitrogens with one attached hydrogen (secondary N) is 1. The van der Waals surface area contributed by atoms with E-state index in [9.17, 15) is 4.79 Å². The molecule has 2 aliphatic rings. The number of aryl methyl sites for hydroxylation is 1. The van der Waals surface area contributed by atoms with Gasteiger partial charge in [-0.15, -0.1) is 0 Å². The molecule has 0 spiro atoms. The molecule has 0 amide bonds. The van der Waals surface area contributed by atoms with Crippen molar-refractivity contribution >= 4 is 17.4 Å². The van der Waals surface area contributed by atoms with Gasteiger partial charge in [-0.25, -0.2) is 0 Å². The fourth-order valence-electron chi connectivity index (χ4n) is 3.72. The maximum Gasteiger partial charge on any atom is 0.182 e. The number of fused-ring (bicyclic) bond motifs is 2. The second-order valence-corrected chi connectivity index (χ2v) is 6.57. The molecular formula is C15H22ClN3O. The van der Waals surface area contributed by atoms with Crippen LogP contribution in [0.25, 0.3) is 0 Å². The Morgan fingerprint density at radius 3 is 2.80 bits per heavy atom. The molecule has 1 aromatic heterocycles. The van der Waals surface area contributed by atoms with Gasteiger partial charge < -0.3 is 5.32 Å². The van der Waals surface area contributed by atoms with E-state index in [2.05, 4.69) is 17.3 Å². The highest BCUT2D eigenvalue weighted by Gasteiger charge is 2.34. The predicted octanol–water partition coefficient (Wildman–Crippen LogP) is 3.05. The zero-order valence-corrected chi connectivity index (χ0v) is 12.7. The molecule has 2 bridgehead atoms. The van der Waals surface area contributed by atoms with E-state index in [1.807, 2.05) is 0 Å². The molecule has 1 N–H and O–H groups in total. The van der Waals surface area contributed by atoms with Gasteiger partial charge in [-0.2, -0.15) is 5.10 Å². The van der Waals surface area contributed by atoms with Gasteiger partial charge in [-0.3, -0.25) is 9.48 Å². The molecule has 4 nitrogen and oxygen atoms in total. The Bertz CT molecular complexity index is 487. The summed E-state index contributed by atoms with van der Waals surface area (Å²) in [7, 11) is 0. The highest BCUT2D eigenvalue weighted by molar-refractivity contribution is 6.33. The topological polar surface area (TPSA) is 46.9 Å². The lowest BCUT2D eigenvalue weighted by atomic mass is 9.87. The first-order valence-electron chi connectivity index (χ1n) is 7.68. The molecule has 2 saturated heterocycles. The SMILES string of the molecule is CCCn1ncc(Cl)c1C(=O)CC1CC2CCC(C1)N2. The molecule has 3 rings (SSSR count). The zero-order valence-electron chi connectivity index (χ0n) is 11.9. The normalized spacial score (nSPS) is 28.8. The number of hydrogen-bond acceptors (Lipinski definition) is 3. The second kappa shape index (κ2) is 5.86. The molecule has 110 valence electrons. The van der Waals surface area contributed by atoms with Crippen molar-refractivity contribution in [2.45, 2.75) is 64.1 Å². The van der Waals surface area contributed by atoms with Gasteiger partial charge in [-0.1, -0.05) is 18.5 Å². The Morgan fingerprint density at radius 1 is 1.45 bits per heavy atom. The molecular weight excluding hydrogens is 274 g/mol. The van der Waals surface area contributed by atoms with Gasteiger partial charge in [0.15, 0.2) is 5.78 Å². The van der Waals surface area contributed by atoms with Crippen LogP contribution in [0.4, 0.5) is 0 Å². The fourth-order valence-corrected chi connectivity index (χ4v) is 3.97. The van der Waals surface area contributed by atoms with Crippen LogP contribution in [0.2, 0.25) is 5.02 Å². The number of ketones is 1. The number of nitrogens with zero attached hydrogens (tertiary/aromatic N) is 2. The lowest BCUT2D eigenvalue weighted by Gasteiger charge is -2.28. The van der Waals surface area contributed by atoms with Crippen LogP contribution in [-0.2, 0) is 6.54 Å². The minimum Gasteiger partial charge on any atom is -0.311 e. The number of halogens is 1. The van der Waals surface area contributed by atoms with Crippen LogP contribution in [0.3, 0.4) is 0 Å². The summed E-state index contributed by atoms with van der Waals surface area (Å²) in [6.07, 6.45) is 7.95.